The Morgan fingerprint density at radius 3 is 3.00 bits per heavy atom. The molecule has 23 heavy (non-hydrogen) atoms. The second-order valence-electron chi connectivity index (χ2n) is 6.87. The Hall–Kier alpha value is -1.89. The van der Waals surface area contributed by atoms with Gasteiger partial charge in [-0.3, -0.25) is 14.9 Å². The van der Waals surface area contributed by atoms with Crippen LogP contribution in [0, 0.1) is 5.92 Å². The van der Waals surface area contributed by atoms with Gasteiger partial charge >= 0.3 is 6.03 Å². The van der Waals surface area contributed by atoms with Gasteiger partial charge in [0.2, 0.25) is 0 Å². The molecule has 0 aromatic carbocycles. The summed E-state index contributed by atoms with van der Waals surface area (Å²) < 4.78 is 0. The van der Waals surface area contributed by atoms with Crippen molar-refractivity contribution in [2.75, 3.05) is 13.1 Å². The van der Waals surface area contributed by atoms with Crippen molar-refractivity contribution in [2.45, 2.75) is 38.1 Å². The Bertz CT molecular complexity index is 713. The number of imide groups is 1. The highest BCUT2D eigenvalue weighted by Crippen LogP contribution is 2.34. The van der Waals surface area contributed by atoms with E-state index in [1.807, 2.05) is 5.38 Å². The maximum absolute atomic E-state index is 12.9. The van der Waals surface area contributed by atoms with E-state index in [0.717, 1.165) is 24.8 Å². The van der Waals surface area contributed by atoms with Gasteiger partial charge in [-0.15, -0.1) is 11.3 Å². The lowest BCUT2D eigenvalue weighted by Crippen LogP contribution is -2.49. The first-order chi connectivity index (χ1) is 11.0. The van der Waals surface area contributed by atoms with Crippen molar-refractivity contribution in [1.82, 2.24) is 15.5 Å². The normalized spacial score (nSPS) is 29.6. The predicted octanol–water partition coefficient (Wildman–Crippen LogP) is 1.30. The SMILES string of the molecule is C[C@H]1CCc2c(C(=O)N3CC[C@@]4(C3)NC(=O)NC4=O)csc2C1. The summed E-state index contributed by atoms with van der Waals surface area (Å²) in [7, 11) is 0. The zero-order valence-corrected chi connectivity index (χ0v) is 13.8. The van der Waals surface area contributed by atoms with Gasteiger partial charge in [0.05, 0.1) is 12.1 Å². The Kier molecular flexibility index (Phi) is 3.23. The molecular formula is C16H19N3O3S. The lowest BCUT2D eigenvalue weighted by molar-refractivity contribution is -0.123. The van der Waals surface area contributed by atoms with Crippen LogP contribution >= 0.6 is 11.3 Å². The molecular weight excluding hydrogens is 314 g/mol. The summed E-state index contributed by atoms with van der Waals surface area (Å²) in [5, 5.41) is 6.92. The molecule has 2 N–H and O–H groups in total. The minimum absolute atomic E-state index is 0.0112. The fourth-order valence-electron chi connectivity index (χ4n) is 3.83. The zero-order valence-electron chi connectivity index (χ0n) is 13.0. The van der Waals surface area contributed by atoms with E-state index in [1.165, 1.54) is 10.4 Å². The van der Waals surface area contributed by atoms with Crippen LogP contribution in [0.4, 0.5) is 4.79 Å². The highest BCUT2D eigenvalue weighted by atomic mass is 32.1. The molecule has 2 fully saturated rings. The molecule has 3 aliphatic rings. The van der Waals surface area contributed by atoms with E-state index in [9.17, 15) is 14.4 Å². The average molecular weight is 333 g/mol. The molecule has 1 aromatic rings. The van der Waals surface area contributed by atoms with Gasteiger partial charge in [0.1, 0.15) is 5.54 Å². The third-order valence-corrected chi connectivity index (χ3v) is 6.25. The largest absolute Gasteiger partial charge is 0.336 e. The van der Waals surface area contributed by atoms with Crippen LogP contribution in [0.5, 0.6) is 0 Å². The van der Waals surface area contributed by atoms with E-state index >= 15 is 0 Å². The quantitative estimate of drug-likeness (QED) is 0.760. The first-order valence-electron chi connectivity index (χ1n) is 8.00. The smallest absolute Gasteiger partial charge is 0.322 e. The number of nitrogens with one attached hydrogen (secondary N) is 2. The van der Waals surface area contributed by atoms with Crippen molar-refractivity contribution in [3.05, 3.63) is 21.4 Å². The standard InChI is InChI=1S/C16H19N3O3S/c1-9-2-3-10-11(7-23-12(10)6-9)13(20)19-5-4-16(8-19)14(21)17-15(22)18-16/h7,9H,2-6,8H2,1H3,(H2,17,18,21,22)/t9-,16-/m0/s1. The minimum Gasteiger partial charge on any atom is -0.336 e. The summed E-state index contributed by atoms with van der Waals surface area (Å²) in [6.07, 6.45) is 3.60. The molecule has 2 saturated heterocycles. The lowest BCUT2D eigenvalue weighted by atomic mass is 9.88. The van der Waals surface area contributed by atoms with Crippen LogP contribution in [0.1, 0.15) is 40.6 Å². The number of carbonyl (C=O) groups is 3. The third kappa shape index (κ3) is 2.25. The van der Waals surface area contributed by atoms with Crippen molar-refractivity contribution >= 4 is 29.2 Å². The van der Waals surface area contributed by atoms with Gasteiger partial charge in [0.15, 0.2) is 0 Å². The summed E-state index contributed by atoms with van der Waals surface area (Å²) in [5.41, 5.74) is 1.05. The van der Waals surface area contributed by atoms with Gasteiger partial charge in [-0.05, 0) is 37.2 Å². The average Bonchev–Trinajstić information content (AvgIpc) is 3.17. The molecule has 0 unspecified atom stereocenters. The summed E-state index contributed by atoms with van der Waals surface area (Å²) in [6.45, 7) is 2.99. The summed E-state index contributed by atoms with van der Waals surface area (Å²) in [6, 6.07) is -0.466. The van der Waals surface area contributed by atoms with Gasteiger partial charge in [-0.1, -0.05) is 6.92 Å². The van der Waals surface area contributed by atoms with Gasteiger partial charge in [0.25, 0.3) is 11.8 Å². The molecule has 2 aliphatic heterocycles. The van der Waals surface area contributed by atoms with Crippen molar-refractivity contribution in [3.63, 3.8) is 0 Å². The number of carbonyl (C=O) groups excluding carboxylic acids is 3. The predicted molar refractivity (Wildman–Crippen MR) is 85.4 cm³/mol. The van der Waals surface area contributed by atoms with E-state index in [0.29, 0.717) is 18.9 Å². The van der Waals surface area contributed by atoms with Crippen LogP contribution in [-0.4, -0.2) is 41.4 Å². The second kappa shape index (κ2) is 5.06. The minimum atomic E-state index is -0.933. The van der Waals surface area contributed by atoms with Gasteiger partial charge in [0, 0.05) is 16.8 Å². The Labute approximate surface area is 138 Å². The second-order valence-corrected chi connectivity index (χ2v) is 7.83. The number of fused-ring (bicyclic) bond motifs is 1. The molecule has 0 radical (unpaired) electrons. The molecule has 2 atom stereocenters. The first kappa shape index (κ1) is 14.7. The number of likely N-dealkylation sites (tertiary alicyclic amines) is 1. The third-order valence-electron chi connectivity index (χ3n) is 5.20. The van der Waals surface area contributed by atoms with Gasteiger partial charge < -0.3 is 10.2 Å². The monoisotopic (exact) mass is 333 g/mol. The fraction of sp³-hybridized carbons (Fsp3) is 0.562. The van der Waals surface area contributed by atoms with Crippen molar-refractivity contribution in [1.29, 1.82) is 0 Å². The first-order valence-corrected chi connectivity index (χ1v) is 8.88. The topological polar surface area (TPSA) is 78.5 Å². The molecule has 1 spiro atoms. The summed E-state index contributed by atoms with van der Waals surface area (Å²) >= 11 is 1.67. The Balaban J connectivity index is 1.55. The lowest BCUT2D eigenvalue weighted by Gasteiger charge is -2.22. The van der Waals surface area contributed by atoms with E-state index in [4.69, 9.17) is 0 Å². The molecule has 6 nitrogen and oxygen atoms in total. The van der Waals surface area contributed by atoms with Gasteiger partial charge in [-0.2, -0.15) is 0 Å². The van der Waals surface area contributed by atoms with E-state index < -0.39 is 11.6 Å². The van der Waals surface area contributed by atoms with Crippen LogP contribution in [0.2, 0.25) is 0 Å². The summed E-state index contributed by atoms with van der Waals surface area (Å²) in [4.78, 5) is 39.3. The van der Waals surface area contributed by atoms with E-state index in [1.54, 1.807) is 16.2 Å². The Morgan fingerprint density at radius 1 is 1.43 bits per heavy atom. The molecule has 7 heteroatoms. The highest BCUT2D eigenvalue weighted by Gasteiger charge is 2.51. The van der Waals surface area contributed by atoms with Crippen molar-refractivity contribution in [2.24, 2.45) is 5.92 Å². The fourth-order valence-corrected chi connectivity index (χ4v) is 5.06. The maximum Gasteiger partial charge on any atom is 0.322 e. The molecule has 0 saturated carbocycles. The molecule has 3 heterocycles. The van der Waals surface area contributed by atoms with Crippen LogP contribution < -0.4 is 10.6 Å². The number of nitrogens with zero attached hydrogens (tertiary/aromatic N) is 1. The van der Waals surface area contributed by atoms with E-state index in [-0.39, 0.29) is 18.4 Å². The number of urea groups is 1. The number of hydrogen-bond donors (Lipinski definition) is 2. The molecule has 4 rings (SSSR count). The van der Waals surface area contributed by atoms with Gasteiger partial charge in [-0.25, -0.2) is 4.79 Å². The Morgan fingerprint density at radius 2 is 2.26 bits per heavy atom. The molecule has 4 amide bonds. The van der Waals surface area contributed by atoms with Crippen molar-refractivity contribution < 1.29 is 14.4 Å². The molecule has 122 valence electrons. The number of thiophene rings is 1. The van der Waals surface area contributed by atoms with Crippen LogP contribution in [0.3, 0.4) is 0 Å². The molecule has 1 aliphatic carbocycles. The van der Waals surface area contributed by atoms with E-state index in [2.05, 4.69) is 17.6 Å². The summed E-state index contributed by atoms with van der Waals surface area (Å²) in [5.74, 6) is 0.346. The maximum atomic E-state index is 12.9. The van der Waals surface area contributed by atoms with Crippen LogP contribution in [-0.2, 0) is 17.6 Å². The van der Waals surface area contributed by atoms with Crippen LogP contribution in [0.15, 0.2) is 5.38 Å². The molecule has 1 aromatic heterocycles. The highest BCUT2D eigenvalue weighted by molar-refractivity contribution is 7.10. The number of rotatable bonds is 1. The number of amides is 4. The number of hydrogen-bond acceptors (Lipinski definition) is 4. The van der Waals surface area contributed by atoms with Crippen molar-refractivity contribution in [3.8, 4) is 0 Å². The van der Waals surface area contributed by atoms with Crippen LogP contribution in [0.25, 0.3) is 0 Å². The molecule has 0 bridgehead atoms. The zero-order chi connectivity index (χ0) is 16.2.